The second-order valence-electron chi connectivity index (χ2n) is 10.8. The smallest absolute Gasteiger partial charge is 0.0972 e. The molecule has 1 aliphatic carbocycles. The lowest BCUT2D eigenvalue weighted by Crippen LogP contribution is -2.15. The van der Waals surface area contributed by atoms with Gasteiger partial charge in [0.2, 0.25) is 0 Å². The standard InChI is InChI=1S/C37H31N3/c1-3-6-25-10-14-30(34-17-16-27-12-11-26-8-5-19-39-36(26)37(27)40-34)22-33(25)35-24(2)7-4-9-32(35)29-13-15-31-23-38-20-18-28(31)21-29/h4-5,7-23,25,33H,3,6H2,1-2H3. The Kier molecular flexibility index (Phi) is 6.20. The van der Waals surface area contributed by atoms with Gasteiger partial charge in [-0.3, -0.25) is 9.97 Å². The van der Waals surface area contributed by atoms with Crippen LogP contribution < -0.4 is 0 Å². The minimum absolute atomic E-state index is 0.257. The molecule has 40 heavy (non-hydrogen) atoms. The molecule has 2 atom stereocenters. The van der Waals surface area contributed by atoms with Crippen molar-refractivity contribution in [3.63, 3.8) is 0 Å². The predicted molar refractivity (Wildman–Crippen MR) is 167 cm³/mol. The third kappa shape index (κ3) is 4.28. The number of hydrogen-bond acceptors (Lipinski definition) is 3. The number of benzene rings is 3. The number of rotatable bonds is 5. The Morgan fingerprint density at radius 3 is 2.52 bits per heavy atom. The van der Waals surface area contributed by atoms with Crippen LogP contribution in [-0.4, -0.2) is 15.0 Å². The highest BCUT2D eigenvalue weighted by Crippen LogP contribution is 2.43. The van der Waals surface area contributed by atoms with Crippen molar-refractivity contribution >= 4 is 38.2 Å². The molecule has 0 aliphatic heterocycles. The summed E-state index contributed by atoms with van der Waals surface area (Å²) in [6.07, 6.45) is 15.1. The molecule has 3 nitrogen and oxygen atoms in total. The number of hydrogen-bond donors (Lipinski definition) is 0. The Hall–Kier alpha value is -4.63. The summed E-state index contributed by atoms with van der Waals surface area (Å²) < 4.78 is 0. The molecule has 3 heterocycles. The molecule has 3 aromatic heterocycles. The zero-order valence-electron chi connectivity index (χ0n) is 22.9. The largest absolute Gasteiger partial charge is 0.264 e. The molecule has 6 aromatic rings. The maximum Gasteiger partial charge on any atom is 0.0972 e. The monoisotopic (exact) mass is 517 g/mol. The molecule has 3 heteroatoms. The van der Waals surface area contributed by atoms with Gasteiger partial charge < -0.3 is 0 Å². The highest BCUT2D eigenvalue weighted by atomic mass is 14.8. The van der Waals surface area contributed by atoms with Crippen LogP contribution in [0.25, 0.3) is 49.3 Å². The molecule has 0 radical (unpaired) electrons. The molecule has 2 unspecified atom stereocenters. The zero-order chi connectivity index (χ0) is 27.1. The van der Waals surface area contributed by atoms with Crippen LogP contribution in [0, 0.1) is 12.8 Å². The lowest BCUT2D eigenvalue weighted by atomic mass is 9.74. The van der Waals surface area contributed by atoms with Crippen LogP contribution in [0.4, 0.5) is 0 Å². The first kappa shape index (κ1) is 24.4. The molecule has 0 bridgehead atoms. The average Bonchev–Trinajstić information content (AvgIpc) is 3.01. The van der Waals surface area contributed by atoms with Crippen molar-refractivity contribution in [3.8, 4) is 11.1 Å². The van der Waals surface area contributed by atoms with Gasteiger partial charge in [0.05, 0.1) is 16.7 Å². The quantitative estimate of drug-likeness (QED) is 0.214. The number of nitrogens with zero attached hydrogens (tertiary/aromatic N) is 3. The first-order valence-electron chi connectivity index (χ1n) is 14.2. The first-order chi connectivity index (χ1) is 19.7. The van der Waals surface area contributed by atoms with Gasteiger partial charge in [-0.2, -0.15) is 0 Å². The van der Waals surface area contributed by atoms with Crippen LogP contribution in [0.1, 0.15) is 42.5 Å². The van der Waals surface area contributed by atoms with E-state index in [1.54, 1.807) is 0 Å². The zero-order valence-corrected chi connectivity index (χ0v) is 22.9. The molecule has 0 amide bonds. The number of pyridine rings is 3. The van der Waals surface area contributed by atoms with Gasteiger partial charge in [-0.15, -0.1) is 0 Å². The van der Waals surface area contributed by atoms with Crippen LogP contribution in [0.3, 0.4) is 0 Å². The summed E-state index contributed by atoms with van der Waals surface area (Å²) in [5.41, 5.74) is 9.36. The molecule has 0 spiro atoms. The van der Waals surface area contributed by atoms with Gasteiger partial charge in [0.15, 0.2) is 0 Å². The normalized spacial score (nSPS) is 17.0. The predicted octanol–water partition coefficient (Wildman–Crippen LogP) is 9.46. The van der Waals surface area contributed by atoms with E-state index in [2.05, 4.69) is 115 Å². The molecule has 0 N–H and O–H groups in total. The van der Waals surface area contributed by atoms with Crippen molar-refractivity contribution in [2.45, 2.75) is 32.6 Å². The molecule has 0 saturated heterocycles. The van der Waals surface area contributed by atoms with Crippen molar-refractivity contribution in [2.75, 3.05) is 0 Å². The van der Waals surface area contributed by atoms with Gasteiger partial charge in [0.1, 0.15) is 0 Å². The molecule has 3 aromatic carbocycles. The lowest BCUT2D eigenvalue weighted by molar-refractivity contribution is 0.525. The number of aromatic nitrogens is 3. The van der Waals surface area contributed by atoms with E-state index in [0.717, 1.165) is 45.7 Å². The molecular weight excluding hydrogens is 486 g/mol. The number of allylic oxidation sites excluding steroid dienone is 4. The van der Waals surface area contributed by atoms with Crippen molar-refractivity contribution in [2.24, 2.45) is 5.92 Å². The second-order valence-corrected chi connectivity index (χ2v) is 10.8. The maximum atomic E-state index is 5.18. The van der Waals surface area contributed by atoms with Crippen LogP contribution in [0.5, 0.6) is 0 Å². The summed E-state index contributed by atoms with van der Waals surface area (Å²) in [4.78, 5) is 14.1. The van der Waals surface area contributed by atoms with E-state index in [9.17, 15) is 0 Å². The van der Waals surface area contributed by atoms with Crippen molar-refractivity contribution in [1.82, 2.24) is 15.0 Å². The van der Waals surface area contributed by atoms with Gasteiger partial charge in [0, 0.05) is 40.7 Å². The van der Waals surface area contributed by atoms with Crippen molar-refractivity contribution in [1.29, 1.82) is 0 Å². The van der Waals surface area contributed by atoms with E-state index in [1.807, 2.05) is 24.7 Å². The van der Waals surface area contributed by atoms with Gasteiger partial charge in [-0.05, 0) is 76.7 Å². The fourth-order valence-electron chi connectivity index (χ4n) is 6.31. The summed E-state index contributed by atoms with van der Waals surface area (Å²) in [5, 5.41) is 4.61. The molecular formula is C37H31N3. The van der Waals surface area contributed by atoms with E-state index in [4.69, 9.17) is 4.98 Å². The topological polar surface area (TPSA) is 38.7 Å². The van der Waals surface area contributed by atoms with E-state index in [1.165, 1.54) is 33.2 Å². The van der Waals surface area contributed by atoms with Gasteiger partial charge in [0.25, 0.3) is 0 Å². The van der Waals surface area contributed by atoms with Crippen LogP contribution in [0.15, 0.2) is 116 Å². The Morgan fingerprint density at radius 1 is 0.775 bits per heavy atom. The lowest BCUT2D eigenvalue weighted by Gasteiger charge is -2.30. The fourth-order valence-corrected chi connectivity index (χ4v) is 6.31. The minimum Gasteiger partial charge on any atom is -0.264 e. The van der Waals surface area contributed by atoms with Crippen LogP contribution in [-0.2, 0) is 0 Å². The third-order valence-electron chi connectivity index (χ3n) is 8.30. The minimum atomic E-state index is 0.257. The number of aryl methyl sites for hydroxylation is 1. The van der Waals surface area contributed by atoms with Crippen LogP contribution in [0.2, 0.25) is 0 Å². The summed E-state index contributed by atoms with van der Waals surface area (Å²) >= 11 is 0. The summed E-state index contributed by atoms with van der Waals surface area (Å²) in [6.45, 7) is 4.54. The van der Waals surface area contributed by atoms with Gasteiger partial charge >= 0.3 is 0 Å². The van der Waals surface area contributed by atoms with E-state index in [-0.39, 0.29) is 5.92 Å². The fraction of sp³-hybridized carbons (Fsp3) is 0.162. The van der Waals surface area contributed by atoms with Crippen molar-refractivity contribution < 1.29 is 0 Å². The molecule has 194 valence electrons. The van der Waals surface area contributed by atoms with Crippen molar-refractivity contribution in [3.05, 3.63) is 133 Å². The molecule has 0 fully saturated rings. The highest BCUT2D eigenvalue weighted by Gasteiger charge is 2.27. The van der Waals surface area contributed by atoms with Gasteiger partial charge in [-0.25, -0.2) is 4.98 Å². The SMILES string of the molecule is CCCC1C=CC(c2ccc3ccc4cccnc4c3n2)=CC1c1c(C)cccc1-c1ccc2cnccc2c1. The molecule has 1 aliphatic rings. The highest BCUT2D eigenvalue weighted by molar-refractivity contribution is 6.03. The van der Waals surface area contributed by atoms with E-state index < -0.39 is 0 Å². The Balaban J connectivity index is 1.38. The van der Waals surface area contributed by atoms with E-state index >= 15 is 0 Å². The first-order valence-corrected chi connectivity index (χ1v) is 14.2. The summed E-state index contributed by atoms with van der Waals surface area (Å²) in [7, 11) is 0. The number of fused-ring (bicyclic) bond motifs is 4. The van der Waals surface area contributed by atoms with Crippen LogP contribution >= 0.6 is 0 Å². The second kappa shape index (κ2) is 10.2. The summed E-state index contributed by atoms with van der Waals surface area (Å²) in [6, 6.07) is 28.2. The summed E-state index contributed by atoms with van der Waals surface area (Å²) in [5.74, 6) is 0.689. The van der Waals surface area contributed by atoms with Gasteiger partial charge in [-0.1, -0.05) is 86.2 Å². The molecule has 7 rings (SSSR count). The van der Waals surface area contributed by atoms with E-state index in [0.29, 0.717) is 5.92 Å². The Morgan fingerprint density at radius 2 is 1.62 bits per heavy atom. The Labute approximate surface area is 235 Å². The Bertz CT molecular complexity index is 1950. The third-order valence-corrected chi connectivity index (χ3v) is 8.30. The average molecular weight is 518 g/mol. The maximum absolute atomic E-state index is 5.18. The molecule has 0 saturated carbocycles.